The van der Waals surface area contributed by atoms with Crippen LogP contribution in [0.1, 0.15) is 30.7 Å². The molecule has 0 unspecified atom stereocenters. The Hall–Kier alpha value is -4.98. The smallest absolute Gasteiger partial charge is 0.334 e. The van der Waals surface area contributed by atoms with Crippen LogP contribution in [-0.2, 0) is 29.1 Å². The lowest BCUT2D eigenvalue weighted by atomic mass is 9.98. The molecule has 3 aromatic rings. The number of carbonyl (C=O) groups excluding carboxylic acids is 3. The molecule has 5 heterocycles. The molecule has 4 amide bonds. The van der Waals surface area contributed by atoms with Gasteiger partial charge in [0.1, 0.15) is 23.8 Å². The quantitative estimate of drug-likeness (QED) is 0.289. The van der Waals surface area contributed by atoms with Crippen LogP contribution in [0, 0.1) is 0 Å². The van der Waals surface area contributed by atoms with E-state index in [1.165, 1.54) is 0 Å². The summed E-state index contributed by atoms with van der Waals surface area (Å²) in [6.07, 6.45) is 1.13. The molecule has 0 saturated carbocycles. The highest BCUT2D eigenvalue weighted by Gasteiger charge is 2.51. The first-order chi connectivity index (χ1) is 25.7. The molecule has 2 aromatic carbocycles. The maximum atomic E-state index is 14.5. The van der Waals surface area contributed by atoms with Crippen LogP contribution in [-0.4, -0.2) is 141 Å². The Balaban J connectivity index is 1.12. The van der Waals surface area contributed by atoms with Crippen molar-refractivity contribution >= 4 is 23.7 Å². The molecule has 0 aliphatic carbocycles. The Labute approximate surface area is 312 Å². The fourth-order valence-electron chi connectivity index (χ4n) is 8.18. The van der Waals surface area contributed by atoms with E-state index in [2.05, 4.69) is 40.4 Å². The van der Waals surface area contributed by atoms with Gasteiger partial charge in [-0.25, -0.2) is 19.8 Å². The van der Waals surface area contributed by atoms with Gasteiger partial charge < -0.3 is 25.1 Å². The van der Waals surface area contributed by atoms with Gasteiger partial charge in [-0.05, 0) is 48.9 Å². The molecule has 4 aliphatic heterocycles. The lowest BCUT2D eigenvalue weighted by Crippen LogP contribution is -2.76. The Morgan fingerprint density at radius 2 is 1.74 bits per heavy atom. The van der Waals surface area contributed by atoms with Gasteiger partial charge in [0.05, 0.1) is 25.3 Å². The highest BCUT2D eigenvalue weighted by molar-refractivity contribution is 5.91. The molecule has 1 aromatic heterocycles. The molecule has 280 valence electrons. The maximum Gasteiger partial charge on any atom is 0.334 e. The number of likely N-dealkylation sites (N-methyl/N-ethyl adjacent to an activating group) is 1. The lowest BCUT2D eigenvalue weighted by molar-refractivity contribution is -0.189. The van der Waals surface area contributed by atoms with Crippen molar-refractivity contribution in [2.45, 2.75) is 57.6 Å². The van der Waals surface area contributed by atoms with Crippen molar-refractivity contribution in [1.82, 2.24) is 39.9 Å². The Kier molecular flexibility index (Phi) is 10.9. The van der Waals surface area contributed by atoms with Gasteiger partial charge in [0.25, 0.3) is 0 Å². The molecule has 0 spiro atoms. The summed E-state index contributed by atoms with van der Waals surface area (Å²) in [4.78, 5) is 58.2. The zero-order valence-electron chi connectivity index (χ0n) is 30.8. The normalized spacial score (nSPS) is 23.2. The molecule has 3 atom stereocenters. The third-order valence-corrected chi connectivity index (χ3v) is 11.1. The number of hydrogen-bond donors (Lipinski definition) is 2. The highest BCUT2D eigenvalue weighted by Crippen LogP contribution is 2.30. The van der Waals surface area contributed by atoms with E-state index in [1.807, 2.05) is 48.5 Å². The third kappa shape index (κ3) is 7.87. The number of nitrogens with zero attached hydrogens (tertiary/aromatic N) is 8. The molecule has 4 saturated heterocycles. The van der Waals surface area contributed by atoms with Gasteiger partial charge in [-0.15, -0.1) is 6.58 Å². The summed E-state index contributed by atoms with van der Waals surface area (Å²) in [6, 6.07) is 22.1. The number of aromatic nitrogens is 1. The summed E-state index contributed by atoms with van der Waals surface area (Å²) in [7, 11) is 0. The SMILES string of the molecule is C=CCN1CC(=O)N2[C@@H](Cc3ccc(O)cc3)C(=O)N(Cc3cccc(N4CC(N5CCN(CC)[C@H](C)C5)C4)n3)C[C@@H]2N1C(=O)NCc1ccccc1. The third-order valence-electron chi connectivity index (χ3n) is 11.1. The maximum absolute atomic E-state index is 14.5. The Morgan fingerprint density at radius 1 is 0.962 bits per heavy atom. The van der Waals surface area contributed by atoms with Crippen LogP contribution in [0.3, 0.4) is 0 Å². The van der Waals surface area contributed by atoms with E-state index in [1.54, 1.807) is 50.2 Å². The van der Waals surface area contributed by atoms with Crippen molar-refractivity contribution in [3.63, 3.8) is 0 Å². The molecule has 13 nitrogen and oxygen atoms in total. The topological polar surface area (TPSA) is 119 Å². The van der Waals surface area contributed by atoms with Crippen molar-refractivity contribution in [3.05, 3.63) is 102 Å². The van der Waals surface area contributed by atoms with Gasteiger partial charge in [0.2, 0.25) is 11.8 Å². The second-order valence-corrected chi connectivity index (χ2v) is 14.5. The molecule has 0 bridgehead atoms. The first kappa shape index (κ1) is 36.4. The van der Waals surface area contributed by atoms with Gasteiger partial charge in [0.15, 0.2) is 0 Å². The van der Waals surface area contributed by atoms with Crippen LogP contribution in [0.4, 0.5) is 10.6 Å². The number of pyridine rings is 1. The minimum Gasteiger partial charge on any atom is -0.508 e. The zero-order chi connectivity index (χ0) is 37.1. The average Bonchev–Trinajstić information content (AvgIpc) is 3.13. The summed E-state index contributed by atoms with van der Waals surface area (Å²) in [5.41, 5.74) is 2.48. The summed E-state index contributed by atoms with van der Waals surface area (Å²) < 4.78 is 0. The number of anilines is 1. The zero-order valence-corrected chi connectivity index (χ0v) is 30.8. The number of benzene rings is 2. The van der Waals surface area contributed by atoms with Crippen LogP contribution in [0.15, 0.2) is 85.5 Å². The summed E-state index contributed by atoms with van der Waals surface area (Å²) >= 11 is 0. The number of phenols is 1. The van der Waals surface area contributed by atoms with Gasteiger partial charge in [0, 0.05) is 64.3 Å². The van der Waals surface area contributed by atoms with Gasteiger partial charge >= 0.3 is 6.03 Å². The molecule has 4 fully saturated rings. The standard InChI is InChI=1S/C40H51N9O4/c1-4-18-47-28-38(51)48-35(21-30-14-16-34(50)17-15-30)39(52)46(27-37(48)49(47)40(53)41-22-31-10-7-6-8-11-31)24-32-12-9-13-36(42-32)45-25-33(26-45)44-20-19-43(5-2)29(3)23-44/h4,6-17,29,33,35,37,50H,1,5,18-28H2,2-3H3,(H,41,53)/t29-,35+,37+/m1/s1. The molecule has 0 radical (unpaired) electrons. The molecule has 4 aliphatic rings. The minimum atomic E-state index is -0.865. The van der Waals surface area contributed by atoms with Crippen molar-refractivity contribution < 1.29 is 19.5 Å². The largest absolute Gasteiger partial charge is 0.508 e. The summed E-state index contributed by atoms with van der Waals surface area (Å²) in [5.74, 6) is 0.559. The van der Waals surface area contributed by atoms with Gasteiger partial charge in [-0.2, -0.15) is 0 Å². The van der Waals surface area contributed by atoms with E-state index in [9.17, 15) is 19.5 Å². The van der Waals surface area contributed by atoms with Crippen LogP contribution < -0.4 is 10.2 Å². The number of aromatic hydroxyl groups is 1. The first-order valence-corrected chi connectivity index (χ1v) is 18.8. The van der Waals surface area contributed by atoms with Crippen molar-refractivity contribution in [3.8, 4) is 5.75 Å². The van der Waals surface area contributed by atoms with E-state index in [-0.39, 0.29) is 56.2 Å². The van der Waals surface area contributed by atoms with E-state index < -0.39 is 12.2 Å². The number of urea groups is 1. The average molecular weight is 722 g/mol. The highest BCUT2D eigenvalue weighted by atomic mass is 16.3. The van der Waals surface area contributed by atoms with E-state index in [4.69, 9.17) is 4.98 Å². The van der Waals surface area contributed by atoms with Gasteiger partial charge in [-0.1, -0.05) is 61.5 Å². The van der Waals surface area contributed by atoms with Crippen LogP contribution in [0.5, 0.6) is 5.75 Å². The van der Waals surface area contributed by atoms with E-state index in [0.29, 0.717) is 18.6 Å². The van der Waals surface area contributed by atoms with Crippen LogP contribution in [0.2, 0.25) is 0 Å². The fraction of sp³-hybridized carbons (Fsp3) is 0.450. The predicted molar refractivity (Wildman–Crippen MR) is 202 cm³/mol. The Morgan fingerprint density at radius 3 is 2.45 bits per heavy atom. The summed E-state index contributed by atoms with van der Waals surface area (Å²) in [6.45, 7) is 15.4. The number of carbonyl (C=O) groups is 3. The number of nitrogens with one attached hydrogen (secondary N) is 1. The van der Waals surface area contributed by atoms with Crippen LogP contribution in [0.25, 0.3) is 0 Å². The minimum absolute atomic E-state index is 0.0751. The van der Waals surface area contributed by atoms with Crippen LogP contribution >= 0.6 is 0 Å². The number of phenolic OH excluding ortho intramolecular Hbond substituents is 1. The number of amides is 4. The second kappa shape index (κ2) is 15.9. The number of hydrazine groups is 1. The van der Waals surface area contributed by atoms with Crippen molar-refractivity contribution in [2.24, 2.45) is 0 Å². The number of rotatable bonds is 11. The first-order valence-electron chi connectivity index (χ1n) is 18.8. The molecule has 13 heteroatoms. The molecule has 53 heavy (non-hydrogen) atoms. The molecule has 2 N–H and O–H groups in total. The number of hydrogen-bond acceptors (Lipinski definition) is 9. The lowest BCUT2D eigenvalue weighted by Gasteiger charge is -2.55. The number of fused-ring (bicyclic) bond motifs is 1. The summed E-state index contributed by atoms with van der Waals surface area (Å²) in [5, 5.41) is 16.3. The molecular formula is C40H51N9O4. The second-order valence-electron chi connectivity index (χ2n) is 14.5. The predicted octanol–water partition coefficient (Wildman–Crippen LogP) is 2.74. The molecular weight excluding hydrogens is 670 g/mol. The monoisotopic (exact) mass is 721 g/mol. The van der Waals surface area contributed by atoms with Crippen molar-refractivity contribution in [2.75, 3.05) is 63.8 Å². The number of piperazine rings is 2. The molecule has 7 rings (SSSR count). The van der Waals surface area contributed by atoms with E-state index in [0.717, 1.165) is 61.9 Å². The van der Waals surface area contributed by atoms with Crippen molar-refractivity contribution in [1.29, 1.82) is 0 Å². The van der Waals surface area contributed by atoms with E-state index >= 15 is 0 Å². The Bertz CT molecular complexity index is 1770. The van der Waals surface area contributed by atoms with Gasteiger partial charge in [-0.3, -0.25) is 19.4 Å². The fourth-order valence-corrected chi connectivity index (χ4v) is 8.18.